The molecule has 1 aliphatic heterocycles. The third kappa shape index (κ3) is 2.64. The van der Waals surface area contributed by atoms with Crippen molar-refractivity contribution in [1.82, 2.24) is 10.2 Å². The zero-order valence-corrected chi connectivity index (χ0v) is 11.4. The van der Waals surface area contributed by atoms with Gasteiger partial charge in [0, 0.05) is 26.1 Å². The maximum atomic E-state index is 12.1. The van der Waals surface area contributed by atoms with Crippen LogP contribution in [0.4, 0.5) is 0 Å². The van der Waals surface area contributed by atoms with Gasteiger partial charge in [-0.15, -0.1) is 0 Å². The molecule has 2 saturated carbocycles. The zero-order valence-electron chi connectivity index (χ0n) is 11.4. The Balaban J connectivity index is 1.48. The number of amides is 2. The number of aliphatic carboxylic acids is 1. The molecule has 1 unspecified atom stereocenters. The lowest BCUT2D eigenvalue weighted by molar-refractivity contribution is -0.143. The molecule has 1 saturated heterocycles. The van der Waals surface area contributed by atoms with Crippen LogP contribution in [0.2, 0.25) is 0 Å². The van der Waals surface area contributed by atoms with Gasteiger partial charge in [0.2, 0.25) is 11.8 Å². The fraction of sp³-hybridized carbons (Fsp3) is 0.786. The van der Waals surface area contributed by atoms with Crippen LogP contribution in [0.25, 0.3) is 0 Å². The van der Waals surface area contributed by atoms with Crippen LogP contribution in [0.5, 0.6) is 0 Å². The number of carboxylic acids is 1. The van der Waals surface area contributed by atoms with Crippen molar-refractivity contribution in [2.75, 3.05) is 19.6 Å². The second kappa shape index (κ2) is 4.75. The largest absolute Gasteiger partial charge is 0.481 e. The molecule has 3 rings (SSSR count). The number of hydrogen-bond acceptors (Lipinski definition) is 3. The van der Waals surface area contributed by atoms with Crippen LogP contribution in [0.15, 0.2) is 0 Å². The van der Waals surface area contributed by atoms with Crippen LogP contribution in [0.3, 0.4) is 0 Å². The Hall–Kier alpha value is -1.59. The number of hydrogen-bond donors (Lipinski definition) is 2. The maximum Gasteiger partial charge on any atom is 0.311 e. The summed E-state index contributed by atoms with van der Waals surface area (Å²) in [6, 6.07) is 0. The predicted octanol–water partition coefficient (Wildman–Crippen LogP) is 0.226. The van der Waals surface area contributed by atoms with Crippen molar-refractivity contribution in [3.8, 4) is 0 Å². The number of carboxylic acid groups (broad SMARTS) is 1. The van der Waals surface area contributed by atoms with Crippen molar-refractivity contribution >= 4 is 17.8 Å². The highest BCUT2D eigenvalue weighted by atomic mass is 16.4. The maximum absolute atomic E-state index is 12.1. The fourth-order valence-electron chi connectivity index (χ4n) is 2.75. The number of rotatable bonds is 6. The van der Waals surface area contributed by atoms with Crippen LogP contribution < -0.4 is 5.32 Å². The second-order valence-electron chi connectivity index (χ2n) is 6.45. The Kier molecular flexibility index (Phi) is 3.18. The van der Waals surface area contributed by atoms with Gasteiger partial charge in [-0.3, -0.25) is 14.4 Å². The molecule has 0 aromatic rings. The van der Waals surface area contributed by atoms with Crippen LogP contribution in [-0.2, 0) is 14.4 Å². The zero-order chi connectivity index (χ0) is 14.3. The van der Waals surface area contributed by atoms with Crippen LogP contribution in [-0.4, -0.2) is 47.4 Å². The first-order chi connectivity index (χ1) is 9.50. The molecule has 1 atom stereocenters. The first-order valence-electron chi connectivity index (χ1n) is 7.29. The summed E-state index contributed by atoms with van der Waals surface area (Å²) in [5.41, 5.74) is -0.744. The fourth-order valence-corrected chi connectivity index (χ4v) is 2.75. The van der Waals surface area contributed by atoms with Gasteiger partial charge in [-0.2, -0.15) is 0 Å². The molecule has 2 N–H and O–H groups in total. The quantitative estimate of drug-likeness (QED) is 0.729. The van der Waals surface area contributed by atoms with Gasteiger partial charge in [0.1, 0.15) is 0 Å². The molecule has 0 aromatic heterocycles. The molecular formula is C14H20N2O4. The van der Waals surface area contributed by atoms with Crippen molar-refractivity contribution in [2.24, 2.45) is 17.3 Å². The lowest BCUT2D eigenvalue weighted by Gasteiger charge is -2.17. The Labute approximate surface area is 117 Å². The summed E-state index contributed by atoms with van der Waals surface area (Å²) in [6.07, 6.45) is 3.88. The third-order valence-electron chi connectivity index (χ3n) is 4.67. The lowest BCUT2D eigenvalue weighted by Crippen LogP contribution is -2.38. The minimum Gasteiger partial charge on any atom is -0.481 e. The molecule has 0 spiro atoms. The van der Waals surface area contributed by atoms with Gasteiger partial charge < -0.3 is 15.3 Å². The summed E-state index contributed by atoms with van der Waals surface area (Å²) in [6.45, 7) is 1.46. The van der Waals surface area contributed by atoms with Crippen LogP contribution in [0, 0.1) is 17.3 Å². The smallest absolute Gasteiger partial charge is 0.311 e. The molecule has 0 radical (unpaired) electrons. The van der Waals surface area contributed by atoms with E-state index in [0.717, 1.165) is 6.54 Å². The molecule has 3 aliphatic rings. The Morgan fingerprint density at radius 2 is 2.05 bits per heavy atom. The Bertz CT molecular complexity index is 454. The number of carbonyl (C=O) groups excluding carboxylic acids is 2. The van der Waals surface area contributed by atoms with Gasteiger partial charge in [0.05, 0.1) is 11.3 Å². The summed E-state index contributed by atoms with van der Waals surface area (Å²) < 4.78 is 0. The predicted molar refractivity (Wildman–Crippen MR) is 69.7 cm³/mol. The number of nitrogens with zero attached hydrogens (tertiary/aromatic N) is 1. The molecule has 0 aromatic carbocycles. The van der Waals surface area contributed by atoms with Gasteiger partial charge in [-0.1, -0.05) is 0 Å². The van der Waals surface area contributed by atoms with E-state index in [-0.39, 0.29) is 30.7 Å². The van der Waals surface area contributed by atoms with Gasteiger partial charge >= 0.3 is 5.97 Å². The van der Waals surface area contributed by atoms with Crippen LogP contribution >= 0.6 is 0 Å². The average molecular weight is 280 g/mol. The van der Waals surface area contributed by atoms with Crippen LogP contribution in [0.1, 0.15) is 32.1 Å². The van der Waals surface area contributed by atoms with E-state index in [1.807, 2.05) is 0 Å². The summed E-state index contributed by atoms with van der Waals surface area (Å²) in [4.78, 5) is 36.7. The molecule has 6 heteroatoms. The number of likely N-dealkylation sites (tertiary alicyclic amines) is 1. The highest BCUT2D eigenvalue weighted by molar-refractivity contribution is 5.89. The van der Waals surface area contributed by atoms with Crippen molar-refractivity contribution in [2.45, 2.75) is 32.1 Å². The normalized spacial score (nSPS) is 27.5. The molecule has 2 amide bonds. The van der Waals surface area contributed by atoms with E-state index >= 15 is 0 Å². The summed E-state index contributed by atoms with van der Waals surface area (Å²) in [5.74, 6) is -0.649. The minimum absolute atomic E-state index is 0.0522. The lowest BCUT2D eigenvalue weighted by atomic mass is 10.1. The first-order valence-corrected chi connectivity index (χ1v) is 7.29. The standard InChI is InChI=1S/C14H20N2O4/c17-11-5-10(7-16(11)6-9-1-2-9)12(18)15-8-14(3-4-14)13(19)20/h9-10H,1-8H2,(H,15,18)(H,19,20). The number of nitrogens with one attached hydrogen (secondary N) is 1. The van der Waals surface area contributed by atoms with Gasteiger partial charge in [-0.25, -0.2) is 0 Å². The monoisotopic (exact) mass is 280 g/mol. The molecule has 6 nitrogen and oxygen atoms in total. The van der Waals surface area contributed by atoms with Crippen molar-refractivity contribution in [3.63, 3.8) is 0 Å². The topological polar surface area (TPSA) is 86.7 Å². The van der Waals surface area contributed by atoms with Gasteiger partial charge in [-0.05, 0) is 31.6 Å². The van der Waals surface area contributed by atoms with E-state index in [9.17, 15) is 14.4 Å². The Morgan fingerprint density at radius 3 is 2.60 bits per heavy atom. The highest BCUT2D eigenvalue weighted by Gasteiger charge is 2.50. The molecule has 20 heavy (non-hydrogen) atoms. The van der Waals surface area contributed by atoms with E-state index in [4.69, 9.17) is 5.11 Å². The SMILES string of the molecule is O=C(NCC1(C(=O)O)CC1)C1CC(=O)N(CC2CC2)C1. The summed E-state index contributed by atoms with van der Waals surface area (Å²) in [7, 11) is 0. The van der Waals surface area contributed by atoms with Crippen molar-refractivity contribution in [1.29, 1.82) is 0 Å². The molecule has 0 bridgehead atoms. The molecule has 3 fully saturated rings. The minimum atomic E-state index is -0.837. The number of carbonyl (C=O) groups is 3. The van der Waals surface area contributed by atoms with Crippen molar-refractivity contribution in [3.05, 3.63) is 0 Å². The van der Waals surface area contributed by atoms with E-state index in [1.54, 1.807) is 4.90 Å². The van der Waals surface area contributed by atoms with E-state index in [1.165, 1.54) is 12.8 Å². The molecule has 1 heterocycles. The van der Waals surface area contributed by atoms with E-state index in [2.05, 4.69) is 5.32 Å². The molecular weight excluding hydrogens is 260 g/mol. The van der Waals surface area contributed by atoms with E-state index < -0.39 is 11.4 Å². The second-order valence-corrected chi connectivity index (χ2v) is 6.45. The summed E-state index contributed by atoms with van der Waals surface area (Å²) >= 11 is 0. The summed E-state index contributed by atoms with van der Waals surface area (Å²) in [5, 5.41) is 11.8. The average Bonchev–Trinajstić information content (AvgIpc) is 3.29. The van der Waals surface area contributed by atoms with Gasteiger partial charge in [0.25, 0.3) is 0 Å². The van der Waals surface area contributed by atoms with Crippen molar-refractivity contribution < 1.29 is 19.5 Å². The van der Waals surface area contributed by atoms with E-state index in [0.29, 0.717) is 25.3 Å². The molecule has 110 valence electrons. The molecule has 2 aliphatic carbocycles. The Morgan fingerprint density at radius 1 is 1.35 bits per heavy atom. The van der Waals surface area contributed by atoms with Gasteiger partial charge in [0.15, 0.2) is 0 Å². The third-order valence-corrected chi connectivity index (χ3v) is 4.67. The highest BCUT2D eigenvalue weighted by Crippen LogP contribution is 2.45. The first kappa shape index (κ1) is 13.4.